The SMILES string of the molecule is CCCC1(OCCOCCOCCO)CCCCC1. The summed E-state index contributed by atoms with van der Waals surface area (Å²) in [6.07, 6.45) is 8.74. The van der Waals surface area contributed by atoms with E-state index in [1.54, 1.807) is 0 Å². The Morgan fingerprint density at radius 2 is 1.53 bits per heavy atom. The van der Waals surface area contributed by atoms with Gasteiger partial charge in [0.15, 0.2) is 0 Å². The standard InChI is InChI=1S/C15H30O4/c1-2-6-15(7-4-3-5-8-15)19-14-13-18-12-11-17-10-9-16/h16H,2-14H2,1H3. The number of hydrogen-bond donors (Lipinski definition) is 1. The minimum Gasteiger partial charge on any atom is -0.394 e. The average molecular weight is 274 g/mol. The van der Waals surface area contributed by atoms with E-state index in [4.69, 9.17) is 19.3 Å². The summed E-state index contributed by atoms with van der Waals surface area (Å²) in [4.78, 5) is 0. The molecule has 0 aromatic carbocycles. The first-order valence-corrected chi connectivity index (χ1v) is 7.73. The van der Waals surface area contributed by atoms with Gasteiger partial charge >= 0.3 is 0 Å². The molecule has 0 atom stereocenters. The summed E-state index contributed by atoms with van der Waals surface area (Å²) in [5.41, 5.74) is 0.129. The van der Waals surface area contributed by atoms with Crippen LogP contribution in [0.3, 0.4) is 0 Å². The lowest BCUT2D eigenvalue weighted by molar-refractivity contribution is -0.0955. The fourth-order valence-corrected chi connectivity index (χ4v) is 2.82. The molecule has 0 amide bonds. The maximum atomic E-state index is 8.54. The van der Waals surface area contributed by atoms with Gasteiger partial charge in [0.1, 0.15) is 0 Å². The van der Waals surface area contributed by atoms with Crippen molar-refractivity contribution in [2.45, 2.75) is 57.5 Å². The second-order valence-corrected chi connectivity index (χ2v) is 5.29. The quantitative estimate of drug-likeness (QED) is 0.588. The molecule has 0 radical (unpaired) electrons. The number of rotatable bonds is 11. The van der Waals surface area contributed by atoms with Crippen LogP contribution < -0.4 is 0 Å². The van der Waals surface area contributed by atoms with Crippen LogP contribution in [-0.2, 0) is 14.2 Å². The van der Waals surface area contributed by atoms with Crippen LogP contribution in [0, 0.1) is 0 Å². The lowest BCUT2D eigenvalue weighted by Crippen LogP contribution is -2.36. The van der Waals surface area contributed by atoms with Crippen LogP contribution in [0.15, 0.2) is 0 Å². The van der Waals surface area contributed by atoms with E-state index in [2.05, 4.69) is 6.92 Å². The van der Waals surface area contributed by atoms with E-state index in [1.165, 1.54) is 44.9 Å². The Bertz CT molecular complexity index is 197. The smallest absolute Gasteiger partial charge is 0.0708 e. The van der Waals surface area contributed by atoms with Crippen LogP contribution in [0.4, 0.5) is 0 Å². The molecule has 0 unspecified atom stereocenters. The second kappa shape index (κ2) is 10.6. The monoisotopic (exact) mass is 274 g/mol. The second-order valence-electron chi connectivity index (χ2n) is 5.29. The van der Waals surface area contributed by atoms with Crippen molar-refractivity contribution in [2.24, 2.45) is 0 Å². The Hall–Kier alpha value is -0.160. The van der Waals surface area contributed by atoms with Crippen molar-refractivity contribution in [2.75, 3.05) is 39.6 Å². The summed E-state index contributed by atoms with van der Waals surface area (Å²) >= 11 is 0. The number of aliphatic hydroxyl groups is 1. The van der Waals surface area contributed by atoms with E-state index < -0.39 is 0 Å². The van der Waals surface area contributed by atoms with Crippen LogP contribution >= 0.6 is 0 Å². The summed E-state index contributed by atoms with van der Waals surface area (Å²) in [5.74, 6) is 0. The Balaban J connectivity index is 2.05. The normalized spacial score (nSPS) is 18.6. The molecule has 114 valence electrons. The summed E-state index contributed by atoms with van der Waals surface area (Å²) in [6.45, 7) is 5.12. The number of aliphatic hydroxyl groups excluding tert-OH is 1. The molecule has 0 aliphatic heterocycles. The molecule has 0 spiro atoms. The third kappa shape index (κ3) is 7.25. The van der Waals surface area contributed by atoms with Crippen molar-refractivity contribution in [3.05, 3.63) is 0 Å². The molecule has 1 N–H and O–H groups in total. The first-order valence-electron chi connectivity index (χ1n) is 7.73. The zero-order valence-corrected chi connectivity index (χ0v) is 12.4. The molecule has 1 aliphatic carbocycles. The van der Waals surface area contributed by atoms with Crippen molar-refractivity contribution in [3.8, 4) is 0 Å². The zero-order valence-electron chi connectivity index (χ0n) is 12.4. The molecule has 0 bridgehead atoms. The maximum absolute atomic E-state index is 8.54. The van der Waals surface area contributed by atoms with Gasteiger partial charge in [-0.05, 0) is 19.3 Å². The lowest BCUT2D eigenvalue weighted by atomic mass is 9.81. The van der Waals surface area contributed by atoms with Crippen molar-refractivity contribution < 1.29 is 19.3 Å². The molecule has 0 aromatic heterocycles. The van der Waals surface area contributed by atoms with E-state index >= 15 is 0 Å². The summed E-state index contributed by atoms with van der Waals surface area (Å²) in [7, 11) is 0. The minimum atomic E-state index is 0.0721. The molecule has 1 aliphatic rings. The van der Waals surface area contributed by atoms with Gasteiger partial charge in [0.25, 0.3) is 0 Å². The Morgan fingerprint density at radius 3 is 2.16 bits per heavy atom. The molecule has 4 nitrogen and oxygen atoms in total. The van der Waals surface area contributed by atoms with Gasteiger partial charge in [-0.15, -0.1) is 0 Å². The fraction of sp³-hybridized carbons (Fsp3) is 1.00. The summed E-state index contributed by atoms with van der Waals surface area (Å²) < 4.78 is 16.7. The van der Waals surface area contributed by atoms with Gasteiger partial charge in [-0.25, -0.2) is 0 Å². The third-order valence-electron chi connectivity index (χ3n) is 3.71. The highest BCUT2D eigenvalue weighted by Crippen LogP contribution is 2.35. The summed E-state index contributed by atoms with van der Waals surface area (Å²) in [6, 6.07) is 0. The van der Waals surface area contributed by atoms with Crippen molar-refractivity contribution in [3.63, 3.8) is 0 Å². The van der Waals surface area contributed by atoms with Crippen molar-refractivity contribution in [1.29, 1.82) is 0 Å². The predicted molar refractivity (Wildman–Crippen MR) is 75.4 cm³/mol. The summed E-state index contributed by atoms with van der Waals surface area (Å²) in [5, 5.41) is 8.54. The molecule has 1 rings (SSSR count). The average Bonchev–Trinajstić information content (AvgIpc) is 2.43. The van der Waals surface area contributed by atoms with E-state index in [1.807, 2.05) is 0 Å². The van der Waals surface area contributed by atoms with Crippen molar-refractivity contribution >= 4 is 0 Å². The lowest BCUT2D eigenvalue weighted by Gasteiger charge is -2.37. The molecular weight excluding hydrogens is 244 g/mol. The maximum Gasteiger partial charge on any atom is 0.0708 e. The van der Waals surface area contributed by atoms with Crippen LogP contribution in [0.5, 0.6) is 0 Å². The Morgan fingerprint density at radius 1 is 0.895 bits per heavy atom. The highest BCUT2D eigenvalue weighted by molar-refractivity contribution is 4.84. The minimum absolute atomic E-state index is 0.0721. The van der Waals surface area contributed by atoms with Gasteiger partial charge in [-0.2, -0.15) is 0 Å². The zero-order chi connectivity index (χ0) is 13.8. The first-order chi connectivity index (χ1) is 9.33. The van der Waals surface area contributed by atoms with Crippen molar-refractivity contribution in [1.82, 2.24) is 0 Å². The van der Waals surface area contributed by atoms with Gasteiger partial charge in [0.2, 0.25) is 0 Å². The first kappa shape index (κ1) is 16.9. The van der Waals surface area contributed by atoms with Gasteiger partial charge in [0.05, 0.1) is 45.2 Å². The highest BCUT2D eigenvalue weighted by Gasteiger charge is 2.31. The molecule has 1 saturated carbocycles. The van der Waals surface area contributed by atoms with Gasteiger partial charge in [-0.1, -0.05) is 32.6 Å². The predicted octanol–water partition coefficient (Wildman–Crippen LogP) is 2.53. The molecular formula is C15H30O4. The highest BCUT2D eigenvalue weighted by atomic mass is 16.6. The van der Waals surface area contributed by atoms with Crippen LogP contribution in [0.2, 0.25) is 0 Å². The Labute approximate surface area is 117 Å². The van der Waals surface area contributed by atoms with Crippen LogP contribution in [-0.4, -0.2) is 50.3 Å². The Kier molecular flexibility index (Phi) is 9.43. The molecule has 0 aromatic rings. The van der Waals surface area contributed by atoms with E-state index in [0.29, 0.717) is 33.0 Å². The fourth-order valence-electron chi connectivity index (χ4n) is 2.82. The molecule has 0 heterocycles. The number of hydrogen-bond acceptors (Lipinski definition) is 4. The van der Waals surface area contributed by atoms with Gasteiger partial charge in [0, 0.05) is 0 Å². The molecule has 19 heavy (non-hydrogen) atoms. The molecule has 1 fully saturated rings. The topological polar surface area (TPSA) is 47.9 Å². The molecule has 4 heteroatoms. The van der Waals surface area contributed by atoms with Gasteiger partial charge < -0.3 is 19.3 Å². The van der Waals surface area contributed by atoms with Crippen LogP contribution in [0.1, 0.15) is 51.9 Å². The largest absolute Gasteiger partial charge is 0.394 e. The van der Waals surface area contributed by atoms with Gasteiger partial charge in [-0.3, -0.25) is 0 Å². The third-order valence-corrected chi connectivity index (χ3v) is 3.71. The van der Waals surface area contributed by atoms with E-state index in [-0.39, 0.29) is 12.2 Å². The van der Waals surface area contributed by atoms with Crippen LogP contribution in [0.25, 0.3) is 0 Å². The van der Waals surface area contributed by atoms with E-state index in [9.17, 15) is 0 Å². The van der Waals surface area contributed by atoms with E-state index in [0.717, 1.165) is 0 Å². The molecule has 0 saturated heterocycles. The number of ether oxygens (including phenoxy) is 3.